The van der Waals surface area contributed by atoms with Gasteiger partial charge in [0.25, 0.3) is 0 Å². The summed E-state index contributed by atoms with van der Waals surface area (Å²) < 4.78 is 15.1. The predicted molar refractivity (Wildman–Crippen MR) is 70.8 cm³/mol. The van der Waals surface area contributed by atoms with Gasteiger partial charge in [0.05, 0.1) is 32.9 Å². The quantitative estimate of drug-likeness (QED) is 0.411. The smallest absolute Gasteiger partial charge is 0.320 e. The third-order valence-corrected chi connectivity index (χ3v) is 2.22. The SMILES string of the molecule is CCCOCCN(CC(=O)OCC)CC(=O)OCC. The Bertz CT molecular complexity index is 237. The number of hydrogen-bond donors (Lipinski definition) is 0. The molecule has 0 aliphatic rings. The van der Waals surface area contributed by atoms with Gasteiger partial charge in [0, 0.05) is 13.2 Å². The highest BCUT2D eigenvalue weighted by Gasteiger charge is 2.15. The molecule has 0 fully saturated rings. The summed E-state index contributed by atoms with van der Waals surface area (Å²) in [5, 5.41) is 0. The summed E-state index contributed by atoms with van der Waals surface area (Å²) >= 11 is 0. The van der Waals surface area contributed by atoms with Crippen molar-refractivity contribution in [3.63, 3.8) is 0 Å². The standard InChI is InChI=1S/C13H25NO5/c1-4-8-17-9-7-14(10-12(15)18-5-2)11-13(16)19-6-3/h4-11H2,1-3H3. The third kappa shape index (κ3) is 10.5. The van der Waals surface area contributed by atoms with Crippen LogP contribution in [-0.2, 0) is 23.8 Å². The molecule has 6 heteroatoms. The van der Waals surface area contributed by atoms with E-state index in [0.717, 1.165) is 6.42 Å². The molecule has 19 heavy (non-hydrogen) atoms. The van der Waals surface area contributed by atoms with Gasteiger partial charge in [-0.2, -0.15) is 0 Å². The van der Waals surface area contributed by atoms with E-state index in [1.165, 1.54) is 0 Å². The summed E-state index contributed by atoms with van der Waals surface area (Å²) in [6.45, 7) is 7.98. The van der Waals surface area contributed by atoms with Gasteiger partial charge in [-0.05, 0) is 20.3 Å². The van der Waals surface area contributed by atoms with Crippen molar-refractivity contribution in [2.24, 2.45) is 0 Å². The molecular formula is C13H25NO5. The Hall–Kier alpha value is -1.14. The molecule has 0 atom stereocenters. The molecule has 0 saturated carbocycles. The summed E-state index contributed by atoms with van der Waals surface area (Å²) in [5.74, 6) is -0.690. The van der Waals surface area contributed by atoms with Gasteiger partial charge < -0.3 is 14.2 Å². The molecule has 0 aromatic carbocycles. The van der Waals surface area contributed by atoms with Crippen LogP contribution in [0.4, 0.5) is 0 Å². The number of carbonyl (C=O) groups is 2. The first kappa shape index (κ1) is 17.9. The van der Waals surface area contributed by atoms with Crippen LogP contribution in [0.1, 0.15) is 27.2 Å². The molecule has 112 valence electrons. The molecule has 0 radical (unpaired) electrons. The number of hydrogen-bond acceptors (Lipinski definition) is 6. The van der Waals surface area contributed by atoms with Gasteiger partial charge >= 0.3 is 11.9 Å². The van der Waals surface area contributed by atoms with Gasteiger partial charge in [-0.3, -0.25) is 14.5 Å². The molecule has 6 nitrogen and oxygen atoms in total. The molecule has 0 aromatic rings. The minimum absolute atomic E-state index is 0.0716. The van der Waals surface area contributed by atoms with Crippen LogP contribution in [-0.4, -0.2) is 62.9 Å². The Morgan fingerprint density at radius 2 is 1.42 bits per heavy atom. The summed E-state index contributed by atoms with van der Waals surface area (Å²) in [4.78, 5) is 24.5. The average Bonchev–Trinajstić information content (AvgIpc) is 2.35. The van der Waals surface area contributed by atoms with Gasteiger partial charge in [-0.1, -0.05) is 6.92 Å². The fraction of sp³-hybridized carbons (Fsp3) is 0.846. The van der Waals surface area contributed by atoms with E-state index in [1.807, 2.05) is 6.92 Å². The number of rotatable bonds is 11. The topological polar surface area (TPSA) is 65.1 Å². The van der Waals surface area contributed by atoms with E-state index < -0.39 is 0 Å². The summed E-state index contributed by atoms with van der Waals surface area (Å²) in [6, 6.07) is 0. The molecule has 0 aliphatic heterocycles. The molecular weight excluding hydrogens is 250 g/mol. The molecule has 0 heterocycles. The van der Waals surface area contributed by atoms with Gasteiger partial charge in [0.1, 0.15) is 0 Å². The van der Waals surface area contributed by atoms with Crippen LogP contribution in [0.3, 0.4) is 0 Å². The van der Waals surface area contributed by atoms with E-state index in [0.29, 0.717) is 33.0 Å². The zero-order valence-electron chi connectivity index (χ0n) is 12.1. The maximum absolute atomic E-state index is 11.4. The number of ether oxygens (including phenoxy) is 3. The van der Waals surface area contributed by atoms with E-state index >= 15 is 0 Å². The Balaban J connectivity index is 4.13. The van der Waals surface area contributed by atoms with Crippen molar-refractivity contribution in [1.29, 1.82) is 0 Å². The Labute approximate surface area is 115 Å². The monoisotopic (exact) mass is 275 g/mol. The zero-order chi connectivity index (χ0) is 14.5. The molecule has 0 N–H and O–H groups in total. The maximum atomic E-state index is 11.4. The lowest BCUT2D eigenvalue weighted by molar-refractivity contribution is -0.148. The molecule has 0 spiro atoms. The summed E-state index contributed by atoms with van der Waals surface area (Å²) in [6.07, 6.45) is 0.940. The highest BCUT2D eigenvalue weighted by atomic mass is 16.5. The summed E-state index contributed by atoms with van der Waals surface area (Å²) in [7, 11) is 0. The van der Waals surface area contributed by atoms with Crippen molar-refractivity contribution < 1.29 is 23.8 Å². The van der Waals surface area contributed by atoms with Crippen molar-refractivity contribution in [2.45, 2.75) is 27.2 Å². The van der Waals surface area contributed by atoms with Crippen LogP contribution in [0.5, 0.6) is 0 Å². The largest absolute Gasteiger partial charge is 0.465 e. The van der Waals surface area contributed by atoms with Crippen molar-refractivity contribution >= 4 is 11.9 Å². The van der Waals surface area contributed by atoms with Crippen molar-refractivity contribution in [3.05, 3.63) is 0 Å². The highest BCUT2D eigenvalue weighted by molar-refractivity contribution is 5.75. The zero-order valence-corrected chi connectivity index (χ0v) is 12.1. The first-order valence-electron chi connectivity index (χ1n) is 6.75. The fourth-order valence-electron chi connectivity index (χ4n) is 1.43. The molecule has 0 saturated heterocycles. The van der Waals surface area contributed by atoms with Crippen LogP contribution in [0.15, 0.2) is 0 Å². The Morgan fingerprint density at radius 1 is 0.895 bits per heavy atom. The lowest BCUT2D eigenvalue weighted by atomic mass is 10.4. The molecule has 0 aliphatic carbocycles. The summed E-state index contributed by atoms with van der Waals surface area (Å²) in [5.41, 5.74) is 0. The molecule has 0 aromatic heterocycles. The Morgan fingerprint density at radius 3 is 1.84 bits per heavy atom. The van der Waals surface area contributed by atoms with Gasteiger partial charge in [-0.15, -0.1) is 0 Å². The maximum Gasteiger partial charge on any atom is 0.320 e. The second kappa shape index (κ2) is 11.9. The average molecular weight is 275 g/mol. The molecule has 0 unspecified atom stereocenters. The lowest BCUT2D eigenvalue weighted by Crippen LogP contribution is -2.38. The van der Waals surface area contributed by atoms with E-state index in [4.69, 9.17) is 14.2 Å². The number of carbonyl (C=O) groups excluding carboxylic acids is 2. The first-order valence-corrected chi connectivity index (χ1v) is 6.75. The van der Waals surface area contributed by atoms with E-state index in [9.17, 15) is 9.59 Å². The van der Waals surface area contributed by atoms with Crippen LogP contribution < -0.4 is 0 Å². The molecule has 0 amide bonds. The minimum atomic E-state index is -0.345. The fourth-order valence-corrected chi connectivity index (χ4v) is 1.43. The van der Waals surface area contributed by atoms with Crippen LogP contribution >= 0.6 is 0 Å². The van der Waals surface area contributed by atoms with Crippen molar-refractivity contribution in [2.75, 3.05) is 46.1 Å². The first-order chi connectivity index (χ1) is 9.13. The highest BCUT2D eigenvalue weighted by Crippen LogP contribution is 1.94. The normalized spacial score (nSPS) is 10.5. The minimum Gasteiger partial charge on any atom is -0.465 e. The third-order valence-electron chi connectivity index (χ3n) is 2.22. The number of esters is 2. The van der Waals surface area contributed by atoms with Gasteiger partial charge in [0.2, 0.25) is 0 Å². The molecule has 0 rings (SSSR count). The van der Waals surface area contributed by atoms with Crippen LogP contribution in [0.2, 0.25) is 0 Å². The second-order valence-electron chi connectivity index (χ2n) is 3.93. The van der Waals surface area contributed by atoms with Crippen molar-refractivity contribution in [3.8, 4) is 0 Å². The van der Waals surface area contributed by atoms with Gasteiger partial charge in [0.15, 0.2) is 0 Å². The van der Waals surface area contributed by atoms with Crippen molar-refractivity contribution in [1.82, 2.24) is 4.90 Å². The van der Waals surface area contributed by atoms with Gasteiger partial charge in [-0.25, -0.2) is 0 Å². The van der Waals surface area contributed by atoms with E-state index in [2.05, 4.69) is 0 Å². The van der Waals surface area contributed by atoms with E-state index in [1.54, 1.807) is 18.7 Å². The van der Waals surface area contributed by atoms with Crippen LogP contribution in [0, 0.1) is 0 Å². The predicted octanol–water partition coefficient (Wildman–Crippen LogP) is 0.841. The Kier molecular flexibility index (Phi) is 11.2. The van der Waals surface area contributed by atoms with Crippen LogP contribution in [0.25, 0.3) is 0 Å². The second-order valence-corrected chi connectivity index (χ2v) is 3.93. The molecule has 0 bridgehead atoms. The van der Waals surface area contributed by atoms with E-state index in [-0.39, 0.29) is 25.0 Å². The lowest BCUT2D eigenvalue weighted by Gasteiger charge is -2.20. The number of nitrogens with zero attached hydrogens (tertiary/aromatic N) is 1.